The molecule has 0 saturated carbocycles. The quantitative estimate of drug-likeness (QED) is 0.0489. The van der Waals surface area contributed by atoms with Gasteiger partial charge < -0.3 is 52.7 Å². The van der Waals surface area contributed by atoms with Gasteiger partial charge in [0.05, 0.1) is 19.2 Å². The summed E-state index contributed by atoms with van der Waals surface area (Å²) in [5.41, 5.74) is 12.1. The van der Waals surface area contributed by atoms with Gasteiger partial charge in [-0.05, 0) is 44.1 Å². The fourth-order valence-corrected chi connectivity index (χ4v) is 5.71. The number of hydrogen-bond acceptors (Lipinski definition) is 9. The number of carboxylic acid groups (broad SMARTS) is 1. The molecule has 2 heterocycles. The summed E-state index contributed by atoms with van der Waals surface area (Å²) in [5.74, 6) is -4.45. The molecular formula is C30H45N9O8. The Morgan fingerprint density at radius 2 is 1.60 bits per heavy atom. The number of carbonyl (C=O) groups is 6. The van der Waals surface area contributed by atoms with Crippen molar-refractivity contribution in [1.82, 2.24) is 31.1 Å². The summed E-state index contributed by atoms with van der Waals surface area (Å²) in [7, 11) is 0. The van der Waals surface area contributed by atoms with Crippen molar-refractivity contribution in [2.75, 3.05) is 32.8 Å². The Labute approximate surface area is 272 Å². The number of likely N-dealkylation sites (tertiary alicyclic amines) is 2. The smallest absolute Gasteiger partial charge is 0.328 e. The molecule has 5 atom stereocenters. The Balaban J connectivity index is 1.58. The highest BCUT2D eigenvalue weighted by atomic mass is 16.4. The lowest BCUT2D eigenvalue weighted by atomic mass is 10.0. The first kappa shape index (κ1) is 36.7. The summed E-state index contributed by atoms with van der Waals surface area (Å²) >= 11 is 0. The number of aliphatic hydroxyl groups is 1. The van der Waals surface area contributed by atoms with Crippen molar-refractivity contribution < 1.29 is 39.0 Å². The van der Waals surface area contributed by atoms with Gasteiger partial charge in [-0.1, -0.05) is 30.3 Å². The van der Waals surface area contributed by atoms with Gasteiger partial charge in [0, 0.05) is 26.1 Å². The summed E-state index contributed by atoms with van der Waals surface area (Å²) in [4.78, 5) is 79.8. The number of nitrogens with two attached hydrogens (primary N) is 2. The maximum atomic E-state index is 13.6. The lowest BCUT2D eigenvalue weighted by Crippen LogP contribution is -2.56. The van der Waals surface area contributed by atoms with Gasteiger partial charge in [0.15, 0.2) is 5.96 Å². The minimum atomic E-state index is -1.57. The van der Waals surface area contributed by atoms with Crippen molar-refractivity contribution in [1.29, 1.82) is 5.41 Å². The number of hydrogen-bond donors (Lipinski definition) is 9. The van der Waals surface area contributed by atoms with Crippen LogP contribution < -0.4 is 32.7 Å². The number of aliphatic carboxylic acids is 1. The van der Waals surface area contributed by atoms with E-state index in [1.54, 1.807) is 30.3 Å². The topological polar surface area (TPSA) is 273 Å². The summed E-state index contributed by atoms with van der Waals surface area (Å²) in [6.07, 6.45) is 2.81. The average molecular weight is 660 g/mol. The van der Waals surface area contributed by atoms with Crippen molar-refractivity contribution in [3.63, 3.8) is 0 Å². The van der Waals surface area contributed by atoms with Crippen LogP contribution >= 0.6 is 0 Å². The molecule has 2 saturated heterocycles. The van der Waals surface area contributed by atoms with E-state index in [1.165, 1.54) is 9.80 Å². The number of benzene rings is 1. The lowest BCUT2D eigenvalue weighted by Gasteiger charge is -2.32. The molecule has 0 bridgehead atoms. The zero-order valence-electron chi connectivity index (χ0n) is 26.2. The molecule has 0 spiro atoms. The van der Waals surface area contributed by atoms with Crippen LogP contribution in [-0.4, -0.2) is 124 Å². The van der Waals surface area contributed by atoms with Crippen molar-refractivity contribution >= 4 is 41.5 Å². The first-order chi connectivity index (χ1) is 22.4. The average Bonchev–Trinajstić information content (AvgIpc) is 3.74. The molecule has 2 aliphatic heterocycles. The van der Waals surface area contributed by atoms with E-state index >= 15 is 0 Å². The van der Waals surface area contributed by atoms with Crippen molar-refractivity contribution in [3.05, 3.63) is 35.9 Å². The van der Waals surface area contributed by atoms with Crippen LogP contribution in [0, 0.1) is 5.41 Å². The zero-order chi connectivity index (χ0) is 34.5. The van der Waals surface area contributed by atoms with E-state index in [2.05, 4.69) is 21.3 Å². The zero-order valence-corrected chi connectivity index (χ0v) is 26.2. The van der Waals surface area contributed by atoms with Crippen LogP contribution in [0.3, 0.4) is 0 Å². The molecule has 4 unspecified atom stereocenters. The number of nitrogens with zero attached hydrogens (tertiary/aromatic N) is 2. The van der Waals surface area contributed by atoms with Crippen LogP contribution in [0.5, 0.6) is 0 Å². The van der Waals surface area contributed by atoms with E-state index in [4.69, 9.17) is 16.9 Å². The van der Waals surface area contributed by atoms with E-state index in [9.17, 15) is 39.0 Å². The summed E-state index contributed by atoms with van der Waals surface area (Å²) in [6, 6.07) is 3.47. The number of aliphatic hydroxyl groups excluding tert-OH is 1. The fourth-order valence-electron chi connectivity index (χ4n) is 5.71. The SMILES string of the molecule is N=C(N)NCCCC(N)C(=O)N1CCCC1C(=O)N1CCCC1C(=O)NCC(=O)NC(Cc1ccccc1)C(=O)N[C@@H](CO)C(=O)O. The summed E-state index contributed by atoms with van der Waals surface area (Å²) in [6.45, 7) is -0.307. The van der Waals surface area contributed by atoms with Gasteiger partial charge in [0.25, 0.3) is 0 Å². The minimum absolute atomic E-state index is 0.0185. The van der Waals surface area contributed by atoms with E-state index in [0.717, 1.165) is 0 Å². The van der Waals surface area contributed by atoms with Crippen LogP contribution in [0.1, 0.15) is 44.1 Å². The Morgan fingerprint density at radius 1 is 0.936 bits per heavy atom. The molecule has 17 nitrogen and oxygen atoms in total. The van der Waals surface area contributed by atoms with Gasteiger partial charge in [0.1, 0.15) is 24.2 Å². The van der Waals surface area contributed by atoms with Crippen LogP contribution in [0.2, 0.25) is 0 Å². The Hall–Kier alpha value is -4.77. The number of carbonyl (C=O) groups excluding carboxylic acids is 5. The van der Waals surface area contributed by atoms with Crippen molar-refractivity contribution in [2.45, 2.75) is 75.2 Å². The molecule has 0 radical (unpaired) electrons. The normalized spacial score (nSPS) is 19.3. The molecule has 2 aliphatic rings. The standard InChI is InChI=1S/C30H45N9O8/c31-19(9-4-12-34-30(32)33)27(44)39-14-6-11-23(39)28(45)38-13-5-10-22(38)26(43)35-16-24(41)36-20(15-18-7-2-1-3-8-18)25(42)37-21(17-40)29(46)47/h1-3,7-8,19-23,40H,4-6,9-17,31H2,(H,35,43)(H,36,41)(H,37,42)(H,46,47)(H4,32,33,34)/t19?,20?,21-,22?,23?/m0/s1. The van der Waals surface area contributed by atoms with Crippen LogP contribution in [0.25, 0.3) is 0 Å². The highest BCUT2D eigenvalue weighted by Crippen LogP contribution is 2.25. The van der Waals surface area contributed by atoms with E-state index in [1.807, 2.05) is 0 Å². The van der Waals surface area contributed by atoms with E-state index < -0.39 is 67.1 Å². The second kappa shape index (κ2) is 17.8. The molecule has 17 heteroatoms. The minimum Gasteiger partial charge on any atom is -0.480 e. The summed E-state index contributed by atoms with van der Waals surface area (Å²) in [5, 5.41) is 35.6. The second-order valence-electron chi connectivity index (χ2n) is 11.6. The van der Waals surface area contributed by atoms with E-state index in [0.29, 0.717) is 63.7 Å². The molecule has 47 heavy (non-hydrogen) atoms. The van der Waals surface area contributed by atoms with Crippen molar-refractivity contribution in [2.24, 2.45) is 11.5 Å². The Kier molecular flexibility index (Phi) is 13.9. The largest absolute Gasteiger partial charge is 0.480 e. The Bertz CT molecular complexity index is 1300. The van der Waals surface area contributed by atoms with Gasteiger partial charge in [-0.25, -0.2) is 4.79 Å². The number of rotatable bonds is 16. The first-order valence-electron chi connectivity index (χ1n) is 15.6. The highest BCUT2D eigenvalue weighted by Gasteiger charge is 2.43. The number of guanidine groups is 1. The molecule has 5 amide bonds. The monoisotopic (exact) mass is 659 g/mol. The Morgan fingerprint density at radius 3 is 2.23 bits per heavy atom. The lowest BCUT2D eigenvalue weighted by molar-refractivity contribution is -0.147. The third-order valence-electron chi connectivity index (χ3n) is 8.14. The third kappa shape index (κ3) is 10.6. The number of nitrogens with one attached hydrogen (secondary N) is 5. The van der Waals surface area contributed by atoms with E-state index in [-0.39, 0.29) is 24.2 Å². The van der Waals surface area contributed by atoms with Gasteiger partial charge in [-0.2, -0.15) is 0 Å². The number of amides is 5. The first-order valence-corrected chi connectivity index (χ1v) is 15.6. The van der Waals surface area contributed by atoms with Crippen LogP contribution in [0.4, 0.5) is 0 Å². The van der Waals surface area contributed by atoms with Gasteiger partial charge >= 0.3 is 5.97 Å². The maximum absolute atomic E-state index is 13.6. The van der Waals surface area contributed by atoms with Crippen molar-refractivity contribution in [3.8, 4) is 0 Å². The molecule has 258 valence electrons. The van der Waals surface area contributed by atoms with Crippen LogP contribution in [-0.2, 0) is 35.2 Å². The van der Waals surface area contributed by atoms with Gasteiger partial charge in [0.2, 0.25) is 29.5 Å². The molecule has 11 N–H and O–H groups in total. The third-order valence-corrected chi connectivity index (χ3v) is 8.14. The molecule has 1 aromatic carbocycles. The number of carboxylic acids is 1. The highest BCUT2D eigenvalue weighted by molar-refractivity contribution is 5.96. The van der Waals surface area contributed by atoms with Crippen LogP contribution in [0.15, 0.2) is 30.3 Å². The maximum Gasteiger partial charge on any atom is 0.328 e. The molecule has 0 aliphatic carbocycles. The molecule has 2 fully saturated rings. The fraction of sp³-hybridized carbons (Fsp3) is 0.567. The molecule has 1 aromatic rings. The predicted octanol–water partition coefficient (Wildman–Crippen LogP) is -3.04. The van der Waals surface area contributed by atoms with Gasteiger partial charge in [-0.3, -0.25) is 29.4 Å². The van der Waals surface area contributed by atoms with Gasteiger partial charge in [-0.15, -0.1) is 0 Å². The second-order valence-corrected chi connectivity index (χ2v) is 11.6. The molecule has 3 rings (SSSR count). The summed E-state index contributed by atoms with van der Waals surface area (Å²) < 4.78 is 0. The predicted molar refractivity (Wildman–Crippen MR) is 168 cm³/mol. The molecular weight excluding hydrogens is 614 g/mol. The molecule has 0 aromatic heterocycles.